The maximum absolute atomic E-state index is 11.3. The van der Waals surface area contributed by atoms with Crippen molar-refractivity contribution in [1.29, 1.82) is 10.9 Å². The average molecular weight is 259 g/mol. The predicted molar refractivity (Wildman–Crippen MR) is 70.8 cm³/mol. The van der Waals surface area contributed by atoms with Crippen LogP contribution in [0.3, 0.4) is 0 Å². The van der Waals surface area contributed by atoms with Crippen LogP contribution >= 0.6 is 0 Å². The van der Waals surface area contributed by atoms with E-state index in [-0.39, 0.29) is 19.8 Å². The van der Waals surface area contributed by atoms with Crippen LogP contribution in [0.25, 0.3) is 0 Å². The van der Waals surface area contributed by atoms with E-state index in [0.29, 0.717) is 6.42 Å². The number of alkyl carbamates (subject to hydrolysis) is 1. The van der Waals surface area contributed by atoms with Gasteiger partial charge in [0.05, 0.1) is 0 Å². The molecule has 0 aromatic carbocycles. The molecule has 106 valence electrons. The molecule has 0 spiro atoms. The molecule has 0 aliphatic rings. The molecule has 3 N–H and O–H groups in total. The quantitative estimate of drug-likeness (QED) is 0.306. The molecule has 0 fully saturated rings. The van der Waals surface area contributed by atoms with E-state index in [9.17, 15) is 4.79 Å². The van der Waals surface area contributed by atoms with E-state index in [1.54, 1.807) is 20.8 Å². The second-order valence-corrected chi connectivity index (χ2v) is 5.16. The Morgan fingerprint density at radius 3 is 2.44 bits per heavy atom. The van der Waals surface area contributed by atoms with Gasteiger partial charge in [0.2, 0.25) is 0 Å². The van der Waals surface area contributed by atoms with Gasteiger partial charge in [-0.2, -0.15) is 5.53 Å². The lowest BCUT2D eigenvalue weighted by atomic mass is 10.2. The maximum Gasteiger partial charge on any atom is 0.407 e. The van der Waals surface area contributed by atoms with Gasteiger partial charge in [-0.05, 0) is 34.6 Å². The highest BCUT2D eigenvalue weighted by Crippen LogP contribution is 2.06. The van der Waals surface area contributed by atoms with Crippen LogP contribution in [0.2, 0.25) is 0 Å². The van der Waals surface area contributed by atoms with Gasteiger partial charge < -0.3 is 10.1 Å². The Kier molecular flexibility index (Phi) is 6.29. The summed E-state index contributed by atoms with van der Waals surface area (Å²) in [6.45, 7) is 9.32. The topological polar surface area (TPSA) is 102 Å². The summed E-state index contributed by atoms with van der Waals surface area (Å²) in [5.74, 6) is 0.191. The van der Waals surface area contributed by atoms with Gasteiger partial charge in [-0.1, -0.05) is 5.22 Å². The first-order valence-electron chi connectivity index (χ1n) is 5.88. The molecule has 0 saturated heterocycles. The van der Waals surface area contributed by atoms with E-state index < -0.39 is 11.7 Å². The number of ether oxygens (including phenoxy) is 1. The molecule has 0 bridgehead atoms. The van der Waals surface area contributed by atoms with Crippen LogP contribution < -0.4 is 5.32 Å². The van der Waals surface area contributed by atoms with Crippen LogP contribution in [-0.2, 0) is 4.74 Å². The van der Waals surface area contributed by atoms with Gasteiger partial charge in [0.1, 0.15) is 11.4 Å². The first-order valence-corrected chi connectivity index (χ1v) is 5.88. The Labute approximate surface area is 109 Å². The fourth-order valence-electron chi connectivity index (χ4n) is 1.20. The summed E-state index contributed by atoms with van der Waals surface area (Å²) in [6, 6.07) is -0.0449. The standard InChI is InChI=1S/C11H23N5O2.H2/c1-8(2)16(15-13)9(12)6-7-14-10(17)18-11(3,4)5;/h8,12-13H,6-7H2,1-5H3,(H,14,17);1H. The van der Waals surface area contributed by atoms with Crippen LogP contribution in [0, 0.1) is 10.9 Å². The average Bonchev–Trinajstić information content (AvgIpc) is 2.14. The molecule has 0 rings (SSSR count). The van der Waals surface area contributed by atoms with Crippen molar-refractivity contribution in [1.82, 2.24) is 10.3 Å². The Hall–Kier alpha value is -1.66. The number of carbonyl (C=O) groups is 1. The van der Waals surface area contributed by atoms with Gasteiger partial charge in [0.15, 0.2) is 0 Å². The minimum absolute atomic E-state index is 0. The smallest absolute Gasteiger partial charge is 0.407 e. The van der Waals surface area contributed by atoms with Crippen LogP contribution in [0.5, 0.6) is 0 Å². The van der Waals surface area contributed by atoms with E-state index in [4.69, 9.17) is 15.7 Å². The van der Waals surface area contributed by atoms with E-state index in [1.807, 2.05) is 13.8 Å². The summed E-state index contributed by atoms with van der Waals surface area (Å²) >= 11 is 0. The number of amidine groups is 1. The highest BCUT2D eigenvalue weighted by Gasteiger charge is 2.16. The molecule has 0 aromatic heterocycles. The van der Waals surface area contributed by atoms with Crippen LogP contribution in [0.4, 0.5) is 4.79 Å². The van der Waals surface area contributed by atoms with Crippen LogP contribution in [0.1, 0.15) is 42.5 Å². The number of hydrogen-bond donors (Lipinski definition) is 3. The van der Waals surface area contributed by atoms with Crippen molar-refractivity contribution in [2.24, 2.45) is 5.22 Å². The fourth-order valence-corrected chi connectivity index (χ4v) is 1.20. The summed E-state index contributed by atoms with van der Waals surface area (Å²) in [5.41, 5.74) is 6.43. The van der Waals surface area contributed by atoms with Gasteiger partial charge in [0.25, 0.3) is 0 Å². The van der Waals surface area contributed by atoms with E-state index in [2.05, 4.69) is 10.5 Å². The predicted octanol–water partition coefficient (Wildman–Crippen LogP) is 2.78. The Balaban J connectivity index is 0. The molecule has 0 aliphatic heterocycles. The minimum atomic E-state index is -0.530. The molecule has 0 radical (unpaired) electrons. The Bertz CT molecular complexity index is 315. The molecule has 0 atom stereocenters. The van der Waals surface area contributed by atoms with Crippen molar-refractivity contribution in [2.45, 2.75) is 52.7 Å². The zero-order chi connectivity index (χ0) is 14.3. The lowest BCUT2D eigenvalue weighted by Crippen LogP contribution is -2.36. The normalized spacial score (nSPS) is 11.0. The number of carbonyl (C=O) groups excluding carboxylic acids is 1. The molecule has 0 aromatic rings. The summed E-state index contributed by atoms with van der Waals surface area (Å²) in [6.07, 6.45) is -0.200. The van der Waals surface area contributed by atoms with Gasteiger partial charge in [-0.25, -0.2) is 9.80 Å². The number of amides is 1. The Morgan fingerprint density at radius 1 is 1.50 bits per heavy atom. The number of hydrogen-bond acceptors (Lipinski definition) is 5. The summed E-state index contributed by atoms with van der Waals surface area (Å²) < 4.78 is 5.06. The second kappa shape index (κ2) is 6.93. The van der Waals surface area contributed by atoms with Crippen LogP contribution in [-0.4, -0.2) is 35.1 Å². The second-order valence-electron chi connectivity index (χ2n) is 5.16. The minimum Gasteiger partial charge on any atom is -0.444 e. The summed E-state index contributed by atoms with van der Waals surface area (Å²) in [4.78, 5) is 11.3. The van der Waals surface area contributed by atoms with E-state index in [0.717, 1.165) is 0 Å². The highest BCUT2D eigenvalue weighted by atomic mass is 16.6. The van der Waals surface area contributed by atoms with Crippen molar-refractivity contribution in [3.63, 3.8) is 0 Å². The first-order chi connectivity index (χ1) is 8.17. The zero-order valence-corrected chi connectivity index (χ0v) is 11.7. The van der Waals surface area contributed by atoms with E-state index >= 15 is 0 Å². The molecule has 0 saturated carbocycles. The molecular weight excluding hydrogens is 234 g/mol. The third-order valence-electron chi connectivity index (χ3n) is 1.90. The van der Waals surface area contributed by atoms with Crippen molar-refractivity contribution in [3.05, 3.63) is 0 Å². The fraction of sp³-hybridized carbons (Fsp3) is 0.818. The third kappa shape index (κ3) is 6.82. The van der Waals surface area contributed by atoms with Gasteiger partial charge in [-0.15, -0.1) is 0 Å². The van der Waals surface area contributed by atoms with Crippen molar-refractivity contribution in [2.75, 3.05) is 6.54 Å². The molecule has 0 heterocycles. The van der Waals surface area contributed by atoms with Crippen molar-refractivity contribution < 1.29 is 11.0 Å². The number of nitrogens with one attached hydrogen (secondary N) is 3. The molecular formula is C11H25N5O2. The molecule has 7 heteroatoms. The summed E-state index contributed by atoms with van der Waals surface area (Å²) in [7, 11) is 0. The number of rotatable bonds is 5. The number of nitrogens with zero attached hydrogens (tertiary/aromatic N) is 2. The van der Waals surface area contributed by atoms with Gasteiger partial charge in [0, 0.05) is 20.4 Å². The van der Waals surface area contributed by atoms with Gasteiger partial charge >= 0.3 is 6.09 Å². The molecule has 7 nitrogen and oxygen atoms in total. The first kappa shape index (κ1) is 16.3. The molecule has 18 heavy (non-hydrogen) atoms. The zero-order valence-electron chi connectivity index (χ0n) is 11.7. The SMILES string of the molecule is CC(C)N(N=N)C(=N)CCNC(=O)OC(C)(C)C.[HH]. The highest BCUT2D eigenvalue weighted by molar-refractivity contribution is 5.79. The summed E-state index contributed by atoms with van der Waals surface area (Å²) in [5, 5.41) is 14.8. The lowest BCUT2D eigenvalue weighted by Gasteiger charge is -2.22. The van der Waals surface area contributed by atoms with E-state index in [1.165, 1.54) is 5.01 Å². The largest absolute Gasteiger partial charge is 0.444 e. The molecule has 0 unspecified atom stereocenters. The molecule has 1 amide bonds. The van der Waals surface area contributed by atoms with Crippen molar-refractivity contribution in [3.8, 4) is 0 Å². The monoisotopic (exact) mass is 259 g/mol. The Morgan fingerprint density at radius 2 is 2.06 bits per heavy atom. The third-order valence-corrected chi connectivity index (χ3v) is 1.90. The lowest BCUT2D eigenvalue weighted by molar-refractivity contribution is 0.0529. The maximum atomic E-state index is 11.3. The molecule has 0 aliphatic carbocycles. The van der Waals surface area contributed by atoms with Crippen LogP contribution in [0.15, 0.2) is 5.22 Å². The van der Waals surface area contributed by atoms with Crippen molar-refractivity contribution >= 4 is 11.9 Å². The van der Waals surface area contributed by atoms with Gasteiger partial charge in [-0.3, -0.25) is 5.41 Å².